The summed E-state index contributed by atoms with van der Waals surface area (Å²) in [7, 11) is 0. The van der Waals surface area contributed by atoms with Crippen molar-refractivity contribution >= 4 is 5.95 Å². The van der Waals surface area contributed by atoms with Gasteiger partial charge in [-0.1, -0.05) is 37.3 Å². The van der Waals surface area contributed by atoms with E-state index in [4.69, 9.17) is 0 Å². The van der Waals surface area contributed by atoms with Crippen LogP contribution in [0.2, 0.25) is 0 Å². The Bertz CT molecular complexity index is 448. The lowest BCUT2D eigenvalue weighted by Crippen LogP contribution is -2.13. The lowest BCUT2D eigenvalue weighted by molar-refractivity contribution is 0.702. The fraction of sp³-hybridized carbons (Fsp3) is 0.357. The molecule has 0 fully saturated rings. The van der Waals surface area contributed by atoms with Gasteiger partial charge in [0.1, 0.15) is 0 Å². The first-order chi connectivity index (χ1) is 8.35. The molecular formula is C14H19N3. The number of nitrogens with one attached hydrogen (secondary N) is 1. The Kier molecular flexibility index (Phi) is 3.81. The van der Waals surface area contributed by atoms with Crippen LogP contribution in [0.4, 0.5) is 5.95 Å². The highest BCUT2D eigenvalue weighted by molar-refractivity contribution is 5.33. The SMILES string of the molecule is CCC(Nc1nccn1CC)c1ccccc1. The minimum Gasteiger partial charge on any atom is -0.349 e. The average Bonchev–Trinajstić information content (AvgIpc) is 2.84. The molecule has 1 atom stereocenters. The van der Waals surface area contributed by atoms with Crippen molar-refractivity contribution < 1.29 is 0 Å². The van der Waals surface area contributed by atoms with Crippen LogP contribution in [0.15, 0.2) is 42.7 Å². The molecule has 0 bridgehead atoms. The molecule has 90 valence electrons. The third kappa shape index (κ3) is 2.67. The van der Waals surface area contributed by atoms with Gasteiger partial charge in [0.05, 0.1) is 6.04 Å². The summed E-state index contributed by atoms with van der Waals surface area (Å²) in [5.74, 6) is 0.947. The first kappa shape index (κ1) is 11.7. The van der Waals surface area contributed by atoms with Crippen LogP contribution in [0.5, 0.6) is 0 Å². The lowest BCUT2D eigenvalue weighted by Gasteiger charge is -2.18. The maximum Gasteiger partial charge on any atom is 0.203 e. The van der Waals surface area contributed by atoms with Gasteiger partial charge in [-0.2, -0.15) is 0 Å². The van der Waals surface area contributed by atoms with Crippen LogP contribution in [0.25, 0.3) is 0 Å². The van der Waals surface area contributed by atoms with E-state index in [0.717, 1.165) is 18.9 Å². The Morgan fingerprint density at radius 3 is 2.65 bits per heavy atom. The minimum atomic E-state index is 0.323. The highest BCUT2D eigenvalue weighted by Crippen LogP contribution is 2.21. The predicted octanol–water partition coefficient (Wildman–Crippen LogP) is 3.47. The molecule has 0 amide bonds. The van der Waals surface area contributed by atoms with Gasteiger partial charge in [-0.05, 0) is 18.9 Å². The van der Waals surface area contributed by atoms with Crippen LogP contribution in [-0.4, -0.2) is 9.55 Å². The van der Waals surface area contributed by atoms with Crippen molar-refractivity contribution in [2.24, 2.45) is 0 Å². The molecule has 0 aliphatic heterocycles. The van der Waals surface area contributed by atoms with E-state index in [9.17, 15) is 0 Å². The van der Waals surface area contributed by atoms with Crippen LogP contribution in [0.1, 0.15) is 31.9 Å². The van der Waals surface area contributed by atoms with Crippen molar-refractivity contribution in [1.29, 1.82) is 0 Å². The summed E-state index contributed by atoms with van der Waals surface area (Å²) in [6.45, 7) is 5.24. The van der Waals surface area contributed by atoms with E-state index in [-0.39, 0.29) is 0 Å². The van der Waals surface area contributed by atoms with Crippen molar-refractivity contribution in [2.75, 3.05) is 5.32 Å². The largest absolute Gasteiger partial charge is 0.349 e. The molecule has 0 aliphatic carbocycles. The molecule has 0 radical (unpaired) electrons. The molecule has 0 saturated carbocycles. The van der Waals surface area contributed by atoms with Crippen LogP contribution in [-0.2, 0) is 6.54 Å². The summed E-state index contributed by atoms with van der Waals surface area (Å²) >= 11 is 0. The molecule has 1 heterocycles. The molecule has 1 aromatic heterocycles. The standard InChI is InChI=1S/C14H19N3/c1-3-13(12-8-6-5-7-9-12)16-14-15-10-11-17(14)4-2/h5-11,13H,3-4H2,1-2H3,(H,15,16). The fourth-order valence-electron chi connectivity index (χ4n) is 1.97. The van der Waals surface area contributed by atoms with Crippen LogP contribution in [0, 0.1) is 0 Å². The number of imidazole rings is 1. The van der Waals surface area contributed by atoms with Gasteiger partial charge in [-0.15, -0.1) is 0 Å². The second-order valence-electron chi connectivity index (χ2n) is 4.05. The number of hydrogen-bond donors (Lipinski definition) is 1. The van der Waals surface area contributed by atoms with Gasteiger partial charge >= 0.3 is 0 Å². The smallest absolute Gasteiger partial charge is 0.203 e. The Hall–Kier alpha value is -1.77. The Morgan fingerprint density at radius 2 is 2.00 bits per heavy atom. The van der Waals surface area contributed by atoms with Crippen LogP contribution in [0.3, 0.4) is 0 Å². The number of aromatic nitrogens is 2. The van der Waals surface area contributed by atoms with E-state index in [2.05, 4.69) is 53.0 Å². The lowest BCUT2D eigenvalue weighted by atomic mass is 10.1. The fourth-order valence-corrected chi connectivity index (χ4v) is 1.97. The van der Waals surface area contributed by atoms with Crippen molar-refractivity contribution in [3.05, 3.63) is 48.3 Å². The number of benzene rings is 1. The molecule has 0 saturated heterocycles. The van der Waals surface area contributed by atoms with Crippen LogP contribution >= 0.6 is 0 Å². The first-order valence-electron chi connectivity index (χ1n) is 6.17. The monoisotopic (exact) mass is 229 g/mol. The maximum absolute atomic E-state index is 4.35. The maximum atomic E-state index is 4.35. The number of aryl methyl sites for hydroxylation is 1. The predicted molar refractivity (Wildman–Crippen MR) is 71.0 cm³/mol. The van der Waals surface area contributed by atoms with Gasteiger partial charge in [0, 0.05) is 18.9 Å². The molecular weight excluding hydrogens is 210 g/mol. The summed E-state index contributed by atoms with van der Waals surface area (Å²) in [6.07, 6.45) is 4.88. The van der Waals surface area contributed by atoms with Gasteiger partial charge in [0.25, 0.3) is 0 Å². The molecule has 17 heavy (non-hydrogen) atoms. The Labute approximate surface area is 103 Å². The molecule has 1 aromatic carbocycles. The topological polar surface area (TPSA) is 29.9 Å². The Morgan fingerprint density at radius 1 is 1.24 bits per heavy atom. The quantitative estimate of drug-likeness (QED) is 0.850. The first-order valence-corrected chi connectivity index (χ1v) is 6.17. The van der Waals surface area contributed by atoms with Crippen molar-refractivity contribution in [3.63, 3.8) is 0 Å². The number of nitrogens with zero attached hydrogens (tertiary/aromatic N) is 2. The molecule has 1 N–H and O–H groups in total. The molecule has 0 spiro atoms. The zero-order valence-electron chi connectivity index (χ0n) is 10.4. The van der Waals surface area contributed by atoms with E-state index in [1.54, 1.807) is 0 Å². The molecule has 0 aliphatic rings. The number of anilines is 1. The van der Waals surface area contributed by atoms with Gasteiger partial charge in [-0.25, -0.2) is 4.98 Å². The highest BCUT2D eigenvalue weighted by atomic mass is 15.2. The summed E-state index contributed by atoms with van der Waals surface area (Å²) in [6, 6.07) is 10.8. The van der Waals surface area contributed by atoms with E-state index >= 15 is 0 Å². The van der Waals surface area contributed by atoms with Crippen molar-refractivity contribution in [1.82, 2.24) is 9.55 Å². The zero-order valence-corrected chi connectivity index (χ0v) is 10.4. The van der Waals surface area contributed by atoms with Crippen molar-refractivity contribution in [3.8, 4) is 0 Å². The van der Waals surface area contributed by atoms with Gasteiger partial charge < -0.3 is 9.88 Å². The van der Waals surface area contributed by atoms with Gasteiger partial charge in [0.2, 0.25) is 5.95 Å². The summed E-state index contributed by atoms with van der Waals surface area (Å²) in [4.78, 5) is 4.35. The third-order valence-electron chi connectivity index (χ3n) is 2.97. The average molecular weight is 229 g/mol. The molecule has 3 heteroatoms. The summed E-state index contributed by atoms with van der Waals surface area (Å²) < 4.78 is 2.12. The van der Waals surface area contributed by atoms with Gasteiger partial charge in [-0.3, -0.25) is 0 Å². The van der Waals surface area contributed by atoms with E-state index < -0.39 is 0 Å². The third-order valence-corrected chi connectivity index (χ3v) is 2.97. The summed E-state index contributed by atoms with van der Waals surface area (Å²) in [5.41, 5.74) is 1.31. The Balaban J connectivity index is 2.16. The molecule has 2 aromatic rings. The van der Waals surface area contributed by atoms with E-state index in [1.807, 2.05) is 18.5 Å². The zero-order chi connectivity index (χ0) is 12.1. The summed E-state index contributed by atoms with van der Waals surface area (Å²) in [5, 5.41) is 3.50. The van der Waals surface area contributed by atoms with Gasteiger partial charge in [0.15, 0.2) is 0 Å². The number of hydrogen-bond acceptors (Lipinski definition) is 2. The second-order valence-corrected chi connectivity index (χ2v) is 4.05. The molecule has 1 unspecified atom stereocenters. The van der Waals surface area contributed by atoms with Crippen molar-refractivity contribution in [2.45, 2.75) is 32.9 Å². The normalized spacial score (nSPS) is 12.4. The molecule has 3 nitrogen and oxygen atoms in total. The van der Waals surface area contributed by atoms with Crippen LogP contribution < -0.4 is 5.32 Å². The second kappa shape index (κ2) is 5.53. The van der Waals surface area contributed by atoms with E-state index in [0.29, 0.717) is 6.04 Å². The minimum absolute atomic E-state index is 0.323. The number of rotatable bonds is 5. The van der Waals surface area contributed by atoms with E-state index in [1.165, 1.54) is 5.56 Å². The highest BCUT2D eigenvalue weighted by Gasteiger charge is 2.10. The molecule has 2 rings (SSSR count).